The van der Waals surface area contributed by atoms with Gasteiger partial charge in [0.2, 0.25) is 17.7 Å². The van der Waals surface area contributed by atoms with Crippen LogP contribution >= 0.6 is 0 Å². The van der Waals surface area contributed by atoms with E-state index < -0.39 is 29.4 Å². The summed E-state index contributed by atoms with van der Waals surface area (Å²) in [5.74, 6) is -0.918. The Labute approximate surface area is 194 Å². The van der Waals surface area contributed by atoms with E-state index in [9.17, 15) is 19.6 Å². The Morgan fingerprint density at radius 3 is 2.42 bits per heavy atom. The van der Waals surface area contributed by atoms with Crippen molar-refractivity contribution >= 4 is 17.7 Å². The number of fused-ring (bicyclic) bond motifs is 1. The van der Waals surface area contributed by atoms with Gasteiger partial charge in [-0.05, 0) is 28.7 Å². The van der Waals surface area contributed by atoms with Gasteiger partial charge in [0.15, 0.2) is 0 Å². The van der Waals surface area contributed by atoms with E-state index >= 15 is 0 Å². The van der Waals surface area contributed by atoms with Gasteiger partial charge in [0.05, 0.1) is 11.6 Å². The Bertz CT molecular complexity index is 1060. The van der Waals surface area contributed by atoms with E-state index in [1.165, 1.54) is 25.4 Å². The SMILES string of the molecule is CC(=O)NC(C(=O)N1C[C@H]2[C@@H]([C@H]1C(=O)NC(C#N)c1cncc(C#N)c1)C2(C)C)C(C)(C)C. The molecule has 174 valence electrons. The van der Waals surface area contributed by atoms with Crippen molar-refractivity contribution in [1.82, 2.24) is 20.5 Å². The number of nitriles is 2. The average molecular weight is 451 g/mol. The zero-order chi connectivity index (χ0) is 24.7. The Balaban J connectivity index is 1.88. The van der Waals surface area contributed by atoms with Gasteiger partial charge >= 0.3 is 0 Å². The predicted molar refractivity (Wildman–Crippen MR) is 119 cm³/mol. The molecule has 2 fully saturated rings. The quantitative estimate of drug-likeness (QED) is 0.699. The van der Waals surface area contributed by atoms with Crippen molar-refractivity contribution in [2.75, 3.05) is 6.54 Å². The molecule has 2 heterocycles. The minimum Gasteiger partial charge on any atom is -0.344 e. The summed E-state index contributed by atoms with van der Waals surface area (Å²) in [7, 11) is 0. The third kappa shape index (κ3) is 4.54. The Hall–Kier alpha value is -3.46. The smallest absolute Gasteiger partial charge is 0.246 e. The molecule has 1 aliphatic carbocycles. The van der Waals surface area contributed by atoms with Gasteiger partial charge < -0.3 is 15.5 Å². The van der Waals surface area contributed by atoms with Crippen LogP contribution in [-0.4, -0.2) is 46.2 Å². The largest absolute Gasteiger partial charge is 0.344 e. The van der Waals surface area contributed by atoms with Gasteiger partial charge in [-0.15, -0.1) is 0 Å². The highest BCUT2D eigenvalue weighted by molar-refractivity contribution is 5.94. The minimum absolute atomic E-state index is 0.0395. The molecular weight excluding hydrogens is 420 g/mol. The molecule has 2 N–H and O–H groups in total. The summed E-state index contributed by atoms with van der Waals surface area (Å²) in [4.78, 5) is 44.3. The molecule has 3 amide bonds. The highest BCUT2D eigenvalue weighted by atomic mass is 16.2. The number of piperidine rings is 1. The van der Waals surface area contributed by atoms with E-state index in [1.54, 1.807) is 4.90 Å². The molecule has 0 spiro atoms. The van der Waals surface area contributed by atoms with E-state index in [-0.39, 0.29) is 34.6 Å². The van der Waals surface area contributed by atoms with Crippen LogP contribution in [0.15, 0.2) is 18.5 Å². The molecule has 9 nitrogen and oxygen atoms in total. The van der Waals surface area contributed by atoms with Crippen LogP contribution in [0.25, 0.3) is 0 Å². The Morgan fingerprint density at radius 2 is 1.88 bits per heavy atom. The lowest BCUT2D eigenvalue weighted by Gasteiger charge is -2.37. The summed E-state index contributed by atoms with van der Waals surface area (Å²) in [6, 6.07) is 2.99. The van der Waals surface area contributed by atoms with Crippen LogP contribution in [0, 0.1) is 45.3 Å². The number of nitrogens with one attached hydrogen (secondary N) is 2. The first-order chi connectivity index (χ1) is 15.3. The third-order valence-electron chi connectivity index (χ3n) is 6.86. The van der Waals surface area contributed by atoms with Gasteiger partial charge in [-0.25, -0.2) is 0 Å². The van der Waals surface area contributed by atoms with E-state index in [2.05, 4.69) is 29.5 Å². The normalized spacial score (nSPS) is 24.5. The lowest BCUT2D eigenvalue weighted by Crippen LogP contribution is -2.59. The second kappa shape index (κ2) is 8.47. The predicted octanol–water partition coefficient (Wildman–Crippen LogP) is 1.67. The maximum absolute atomic E-state index is 13.5. The summed E-state index contributed by atoms with van der Waals surface area (Å²) in [5.41, 5.74) is 0.0311. The monoisotopic (exact) mass is 450 g/mol. The van der Waals surface area contributed by atoms with Gasteiger partial charge in [-0.2, -0.15) is 10.5 Å². The maximum atomic E-state index is 13.5. The lowest BCUT2D eigenvalue weighted by molar-refractivity contribution is -0.145. The third-order valence-corrected chi connectivity index (χ3v) is 6.86. The molecule has 0 bridgehead atoms. The zero-order valence-corrected chi connectivity index (χ0v) is 19.8. The number of nitrogens with zero attached hydrogens (tertiary/aromatic N) is 4. The number of aromatic nitrogens is 1. The van der Waals surface area contributed by atoms with Gasteiger partial charge in [0, 0.05) is 31.4 Å². The van der Waals surface area contributed by atoms with E-state index in [0.717, 1.165) is 0 Å². The van der Waals surface area contributed by atoms with Gasteiger partial charge in [0.25, 0.3) is 0 Å². The molecular formula is C24H30N6O3. The van der Waals surface area contributed by atoms with Crippen molar-refractivity contribution in [2.45, 2.75) is 59.7 Å². The molecule has 33 heavy (non-hydrogen) atoms. The number of carbonyl (C=O) groups is 3. The molecule has 1 aliphatic heterocycles. The number of hydrogen-bond donors (Lipinski definition) is 2. The molecule has 1 saturated carbocycles. The molecule has 9 heteroatoms. The molecule has 0 radical (unpaired) electrons. The number of carbonyl (C=O) groups excluding carboxylic acids is 3. The molecule has 0 aromatic carbocycles. The molecule has 1 aromatic rings. The fraction of sp³-hybridized carbons (Fsp3) is 0.583. The molecule has 3 rings (SSSR count). The van der Waals surface area contributed by atoms with Gasteiger partial charge in [0.1, 0.15) is 24.2 Å². The highest BCUT2D eigenvalue weighted by Crippen LogP contribution is 2.65. The fourth-order valence-electron chi connectivity index (χ4n) is 4.93. The second-order valence-corrected chi connectivity index (χ2v) is 10.6. The van der Waals surface area contributed by atoms with Gasteiger partial charge in [-0.1, -0.05) is 34.6 Å². The molecule has 1 aromatic heterocycles. The summed E-state index contributed by atoms with van der Waals surface area (Å²) < 4.78 is 0. The summed E-state index contributed by atoms with van der Waals surface area (Å²) in [6.07, 6.45) is 2.81. The van der Waals surface area contributed by atoms with Crippen molar-refractivity contribution in [1.29, 1.82) is 10.5 Å². The second-order valence-electron chi connectivity index (χ2n) is 10.6. The molecule has 5 atom stereocenters. The number of pyridine rings is 1. The van der Waals surface area contributed by atoms with Gasteiger partial charge in [-0.3, -0.25) is 19.4 Å². The van der Waals surface area contributed by atoms with E-state index in [1.807, 2.05) is 32.9 Å². The van der Waals surface area contributed by atoms with Crippen molar-refractivity contribution in [3.05, 3.63) is 29.6 Å². The molecule has 1 saturated heterocycles. The fourth-order valence-corrected chi connectivity index (χ4v) is 4.93. The first kappa shape index (κ1) is 24.2. The molecule has 2 aliphatic rings. The van der Waals surface area contributed by atoms with Crippen LogP contribution < -0.4 is 10.6 Å². The first-order valence-corrected chi connectivity index (χ1v) is 11.0. The molecule has 2 unspecified atom stereocenters. The maximum Gasteiger partial charge on any atom is 0.246 e. The van der Waals surface area contributed by atoms with Crippen LogP contribution in [0.5, 0.6) is 0 Å². The average Bonchev–Trinajstić information content (AvgIpc) is 3.09. The van der Waals surface area contributed by atoms with Crippen LogP contribution in [0.4, 0.5) is 0 Å². The van der Waals surface area contributed by atoms with Crippen molar-refractivity contribution in [3.63, 3.8) is 0 Å². The zero-order valence-electron chi connectivity index (χ0n) is 19.8. The number of amides is 3. The number of hydrogen-bond acceptors (Lipinski definition) is 6. The van der Waals surface area contributed by atoms with Crippen LogP contribution in [0.2, 0.25) is 0 Å². The summed E-state index contributed by atoms with van der Waals surface area (Å²) >= 11 is 0. The Kier molecular flexibility index (Phi) is 6.21. The summed E-state index contributed by atoms with van der Waals surface area (Å²) in [5, 5.41) is 24.3. The van der Waals surface area contributed by atoms with Crippen LogP contribution in [0.1, 0.15) is 58.7 Å². The van der Waals surface area contributed by atoms with Crippen molar-refractivity contribution in [2.24, 2.45) is 22.7 Å². The number of rotatable bonds is 5. The topological polar surface area (TPSA) is 139 Å². The minimum atomic E-state index is -1.01. The van der Waals surface area contributed by atoms with Crippen LogP contribution in [-0.2, 0) is 14.4 Å². The first-order valence-electron chi connectivity index (χ1n) is 11.0. The van der Waals surface area contributed by atoms with Crippen molar-refractivity contribution < 1.29 is 14.4 Å². The van der Waals surface area contributed by atoms with Crippen molar-refractivity contribution in [3.8, 4) is 12.1 Å². The lowest BCUT2D eigenvalue weighted by atomic mass is 9.85. The Morgan fingerprint density at radius 1 is 1.21 bits per heavy atom. The summed E-state index contributed by atoms with van der Waals surface area (Å²) in [6.45, 7) is 11.5. The van der Waals surface area contributed by atoms with Crippen LogP contribution in [0.3, 0.4) is 0 Å². The van der Waals surface area contributed by atoms with E-state index in [4.69, 9.17) is 5.26 Å². The number of likely N-dealkylation sites (tertiary alicyclic amines) is 1. The highest BCUT2D eigenvalue weighted by Gasteiger charge is 2.69. The standard InChI is InChI=1S/C24H30N6O3/c1-13(31)28-20(23(2,3)4)22(33)30-12-16-18(24(16,5)6)19(30)21(32)29-17(9-26)15-7-14(8-25)10-27-11-15/h7,10-11,16-20H,12H2,1-6H3,(H,28,31)(H,29,32)/t16-,17?,18-,19-,20?/m0/s1. The van der Waals surface area contributed by atoms with E-state index in [0.29, 0.717) is 12.1 Å².